The van der Waals surface area contributed by atoms with Gasteiger partial charge in [0.15, 0.2) is 0 Å². The summed E-state index contributed by atoms with van der Waals surface area (Å²) in [5, 5.41) is 1.37. The average molecular weight is 295 g/mol. The number of benzene rings is 1. The minimum absolute atomic E-state index is 1.06. The normalized spacial score (nSPS) is 11.9. The quantitative estimate of drug-likeness (QED) is 0.709. The largest absolute Gasteiger partial charge is 0.304 e. The summed E-state index contributed by atoms with van der Waals surface area (Å²) in [4.78, 5) is 7.04. The second-order valence-electron chi connectivity index (χ2n) is 5.95. The first kappa shape index (κ1) is 15.0. The van der Waals surface area contributed by atoms with Crippen LogP contribution in [0.15, 0.2) is 30.5 Å². The van der Waals surface area contributed by atoms with Crippen LogP contribution in [0, 0.1) is 13.8 Å². The van der Waals surface area contributed by atoms with E-state index in [1.54, 1.807) is 0 Å². The zero-order valence-corrected chi connectivity index (χ0v) is 14.1. The summed E-state index contributed by atoms with van der Waals surface area (Å²) in [6, 6.07) is 8.71. The van der Waals surface area contributed by atoms with Gasteiger partial charge in [-0.1, -0.05) is 32.0 Å². The molecule has 0 saturated carbocycles. The van der Waals surface area contributed by atoms with Gasteiger partial charge in [0.1, 0.15) is 5.82 Å². The molecule has 0 unspecified atom stereocenters. The summed E-state index contributed by atoms with van der Waals surface area (Å²) in [7, 11) is 0. The third kappa shape index (κ3) is 2.40. The molecule has 3 rings (SSSR count). The van der Waals surface area contributed by atoms with Gasteiger partial charge in [0.25, 0.3) is 0 Å². The fourth-order valence-electron chi connectivity index (χ4n) is 3.43. The lowest BCUT2D eigenvalue weighted by Gasteiger charge is -2.17. The molecule has 0 spiro atoms. The third-order valence-corrected chi connectivity index (χ3v) is 4.69. The molecule has 0 aliphatic rings. The van der Waals surface area contributed by atoms with Crippen molar-refractivity contribution in [2.45, 2.75) is 34.1 Å². The summed E-state index contributed by atoms with van der Waals surface area (Å²) in [6.45, 7) is 12.1. The molecule has 0 amide bonds. The molecule has 3 nitrogen and oxygen atoms in total. The Balaban J connectivity index is 2.20. The van der Waals surface area contributed by atoms with Crippen molar-refractivity contribution in [3.8, 4) is 0 Å². The Hall–Kier alpha value is -1.87. The van der Waals surface area contributed by atoms with Crippen molar-refractivity contribution < 1.29 is 0 Å². The molecular formula is C19H25N3. The Morgan fingerprint density at radius 2 is 1.82 bits per heavy atom. The molecule has 3 aromatic rings. The summed E-state index contributed by atoms with van der Waals surface area (Å²) in [6.07, 6.45) is 3.09. The monoisotopic (exact) mass is 295 g/mol. The van der Waals surface area contributed by atoms with E-state index in [9.17, 15) is 0 Å². The van der Waals surface area contributed by atoms with Crippen molar-refractivity contribution in [1.82, 2.24) is 14.3 Å². The molecular weight excluding hydrogens is 270 g/mol. The van der Waals surface area contributed by atoms with Crippen LogP contribution in [0.5, 0.6) is 0 Å². The number of nitrogens with zero attached hydrogens (tertiary/aromatic N) is 3. The standard InChI is InChI=1S/C19H25N3/c1-5-21(6-2)12-11-17-16-9-7-8-10-18(16)22-15(4)20-13-14(3)19(17)22/h7-10,13H,5-6,11-12H2,1-4H3. The van der Waals surface area contributed by atoms with Crippen molar-refractivity contribution >= 4 is 16.4 Å². The molecule has 0 fully saturated rings. The highest BCUT2D eigenvalue weighted by molar-refractivity contribution is 5.93. The minimum Gasteiger partial charge on any atom is -0.304 e. The van der Waals surface area contributed by atoms with Gasteiger partial charge >= 0.3 is 0 Å². The van der Waals surface area contributed by atoms with Gasteiger partial charge < -0.3 is 4.90 Å². The first-order chi connectivity index (χ1) is 10.7. The second kappa shape index (κ2) is 6.09. The van der Waals surface area contributed by atoms with Crippen LogP contribution in [0.2, 0.25) is 0 Å². The van der Waals surface area contributed by atoms with E-state index in [1.165, 1.54) is 27.5 Å². The van der Waals surface area contributed by atoms with Gasteiger partial charge in [-0.3, -0.25) is 4.40 Å². The highest BCUT2D eigenvalue weighted by atomic mass is 15.1. The van der Waals surface area contributed by atoms with E-state index in [0.29, 0.717) is 0 Å². The van der Waals surface area contributed by atoms with Crippen LogP contribution >= 0.6 is 0 Å². The van der Waals surface area contributed by atoms with E-state index >= 15 is 0 Å². The van der Waals surface area contributed by atoms with Crippen LogP contribution in [0.25, 0.3) is 16.4 Å². The van der Waals surface area contributed by atoms with Crippen LogP contribution in [0.1, 0.15) is 30.8 Å². The smallest absolute Gasteiger partial charge is 0.110 e. The first-order valence-electron chi connectivity index (χ1n) is 8.24. The summed E-state index contributed by atoms with van der Waals surface area (Å²) in [5.41, 5.74) is 5.35. The molecule has 2 heterocycles. The Kier molecular flexibility index (Phi) is 4.16. The topological polar surface area (TPSA) is 20.5 Å². The van der Waals surface area contributed by atoms with Crippen LogP contribution in [-0.2, 0) is 6.42 Å². The lowest BCUT2D eigenvalue weighted by molar-refractivity contribution is 0.308. The molecule has 22 heavy (non-hydrogen) atoms. The predicted molar refractivity (Wildman–Crippen MR) is 93.7 cm³/mol. The zero-order valence-electron chi connectivity index (χ0n) is 14.1. The fraction of sp³-hybridized carbons (Fsp3) is 0.421. The molecule has 0 bridgehead atoms. The highest BCUT2D eigenvalue weighted by Gasteiger charge is 2.15. The Morgan fingerprint density at radius 1 is 1.09 bits per heavy atom. The SMILES string of the molecule is CCN(CC)CCc1c2ccccc2n2c(C)ncc(C)c12. The number of hydrogen-bond acceptors (Lipinski definition) is 2. The Morgan fingerprint density at radius 3 is 2.55 bits per heavy atom. The van der Waals surface area contributed by atoms with Crippen molar-refractivity contribution in [3.63, 3.8) is 0 Å². The Labute approximate surface area is 132 Å². The maximum atomic E-state index is 4.55. The van der Waals surface area contributed by atoms with E-state index in [1.807, 2.05) is 6.20 Å². The number of hydrogen-bond donors (Lipinski definition) is 0. The number of aryl methyl sites for hydroxylation is 2. The second-order valence-corrected chi connectivity index (χ2v) is 5.95. The molecule has 2 aromatic heterocycles. The van der Waals surface area contributed by atoms with Crippen molar-refractivity contribution in [1.29, 1.82) is 0 Å². The number of para-hydroxylation sites is 1. The van der Waals surface area contributed by atoms with E-state index in [-0.39, 0.29) is 0 Å². The van der Waals surface area contributed by atoms with Gasteiger partial charge in [-0.15, -0.1) is 0 Å². The zero-order chi connectivity index (χ0) is 15.7. The highest BCUT2D eigenvalue weighted by Crippen LogP contribution is 2.29. The lowest BCUT2D eigenvalue weighted by Crippen LogP contribution is -2.25. The molecule has 1 aromatic carbocycles. The van der Waals surface area contributed by atoms with Crippen molar-refractivity contribution in [2.24, 2.45) is 0 Å². The van der Waals surface area contributed by atoms with E-state index < -0.39 is 0 Å². The summed E-state index contributed by atoms with van der Waals surface area (Å²) >= 11 is 0. The van der Waals surface area contributed by atoms with Crippen LogP contribution < -0.4 is 0 Å². The summed E-state index contributed by atoms with van der Waals surface area (Å²) < 4.78 is 2.32. The number of rotatable bonds is 5. The minimum atomic E-state index is 1.06. The molecule has 0 aliphatic carbocycles. The molecule has 0 saturated heterocycles. The Bertz CT molecular complexity index is 797. The van der Waals surface area contributed by atoms with Crippen LogP contribution in [0.3, 0.4) is 0 Å². The average Bonchev–Trinajstić information content (AvgIpc) is 2.88. The first-order valence-corrected chi connectivity index (χ1v) is 8.24. The van der Waals surface area contributed by atoms with Crippen LogP contribution in [0.4, 0.5) is 0 Å². The van der Waals surface area contributed by atoms with Crippen LogP contribution in [-0.4, -0.2) is 33.9 Å². The van der Waals surface area contributed by atoms with Gasteiger partial charge in [-0.05, 0) is 50.6 Å². The number of likely N-dealkylation sites (N-methyl/N-ethyl adjacent to an activating group) is 1. The van der Waals surface area contributed by atoms with Gasteiger partial charge in [0, 0.05) is 18.1 Å². The number of aromatic nitrogens is 2. The fourth-order valence-corrected chi connectivity index (χ4v) is 3.43. The van der Waals surface area contributed by atoms with Gasteiger partial charge in [0.05, 0.1) is 11.0 Å². The predicted octanol–water partition coefficient (Wildman–Crippen LogP) is 3.99. The molecule has 0 N–H and O–H groups in total. The number of fused-ring (bicyclic) bond motifs is 3. The summed E-state index contributed by atoms with van der Waals surface area (Å²) in [5.74, 6) is 1.06. The molecule has 3 heteroatoms. The van der Waals surface area contributed by atoms with E-state index in [2.05, 4.69) is 66.2 Å². The van der Waals surface area contributed by atoms with Gasteiger partial charge in [-0.2, -0.15) is 0 Å². The van der Waals surface area contributed by atoms with Crippen molar-refractivity contribution in [2.75, 3.05) is 19.6 Å². The van der Waals surface area contributed by atoms with Crippen molar-refractivity contribution in [3.05, 3.63) is 47.4 Å². The molecule has 116 valence electrons. The van der Waals surface area contributed by atoms with E-state index in [4.69, 9.17) is 0 Å². The molecule has 0 radical (unpaired) electrons. The van der Waals surface area contributed by atoms with Gasteiger partial charge in [-0.25, -0.2) is 4.98 Å². The maximum absolute atomic E-state index is 4.55. The molecule has 0 atom stereocenters. The lowest BCUT2D eigenvalue weighted by atomic mass is 10.1. The van der Waals surface area contributed by atoms with Gasteiger partial charge in [0.2, 0.25) is 0 Å². The maximum Gasteiger partial charge on any atom is 0.110 e. The molecule has 0 aliphatic heterocycles. The third-order valence-electron chi connectivity index (χ3n) is 4.69. The van der Waals surface area contributed by atoms with E-state index in [0.717, 1.165) is 31.9 Å².